The molecule has 7 nitrogen and oxygen atoms in total. The van der Waals surface area contributed by atoms with Gasteiger partial charge in [-0.15, -0.1) is 11.3 Å². The van der Waals surface area contributed by atoms with Crippen LogP contribution in [0.25, 0.3) is 11.3 Å². The number of nitrogens with two attached hydrogens (primary N) is 1. The van der Waals surface area contributed by atoms with Gasteiger partial charge in [-0.05, 0) is 24.5 Å². The van der Waals surface area contributed by atoms with Crippen LogP contribution in [0.5, 0.6) is 0 Å². The first-order chi connectivity index (χ1) is 16.0. The van der Waals surface area contributed by atoms with Crippen molar-refractivity contribution in [2.45, 2.75) is 24.9 Å². The Morgan fingerprint density at radius 2 is 1.94 bits per heavy atom. The molecule has 4 N–H and O–H groups in total. The number of nitrogens with one attached hydrogen (secondary N) is 2. The van der Waals surface area contributed by atoms with Gasteiger partial charge in [-0.2, -0.15) is 0 Å². The lowest BCUT2D eigenvalue weighted by Gasteiger charge is -2.36. The summed E-state index contributed by atoms with van der Waals surface area (Å²) in [5, 5.41) is 14.5. The Bertz CT molecular complexity index is 1130. The van der Waals surface area contributed by atoms with Crippen LogP contribution in [0.1, 0.15) is 30.0 Å². The Morgan fingerprint density at radius 1 is 1.24 bits per heavy atom. The second kappa shape index (κ2) is 10.3. The molecule has 3 aromatic rings. The zero-order valence-corrected chi connectivity index (χ0v) is 19.8. The van der Waals surface area contributed by atoms with E-state index in [1.807, 2.05) is 47.8 Å². The number of halogens is 1. The number of ether oxygens (including phenoxy) is 1. The number of methoxy groups -OCH3 is 1. The quantitative estimate of drug-likeness (QED) is 0.259. The lowest BCUT2D eigenvalue weighted by atomic mass is 9.99. The van der Waals surface area contributed by atoms with E-state index in [-0.39, 0.29) is 17.8 Å². The van der Waals surface area contributed by atoms with E-state index in [1.54, 1.807) is 17.4 Å². The van der Waals surface area contributed by atoms with Crippen LogP contribution in [-0.2, 0) is 9.53 Å². The molecule has 1 aromatic heterocycles. The SMILES string of the molecule is COC(=O)C(c1ccccc1Cl)N1CCC(Nc2nc(-c3ccc(C(=N)N)cc3)cs2)CC1. The Morgan fingerprint density at radius 3 is 2.58 bits per heavy atom. The molecular formula is C24H26ClN5O2S. The fraction of sp³-hybridized carbons (Fsp3) is 0.292. The molecule has 2 heterocycles. The maximum absolute atomic E-state index is 12.6. The smallest absolute Gasteiger partial charge is 0.327 e. The summed E-state index contributed by atoms with van der Waals surface area (Å²) in [6.45, 7) is 1.49. The minimum absolute atomic E-state index is 0.0532. The molecule has 0 aliphatic carbocycles. The summed E-state index contributed by atoms with van der Waals surface area (Å²) >= 11 is 7.95. The van der Waals surface area contributed by atoms with Crippen molar-refractivity contribution >= 4 is 39.9 Å². The van der Waals surface area contributed by atoms with Crippen molar-refractivity contribution < 1.29 is 9.53 Å². The highest BCUT2D eigenvalue weighted by Gasteiger charge is 2.33. The number of rotatable bonds is 7. The molecule has 1 aliphatic heterocycles. The van der Waals surface area contributed by atoms with Crippen LogP contribution in [0.15, 0.2) is 53.9 Å². The van der Waals surface area contributed by atoms with Gasteiger partial charge < -0.3 is 15.8 Å². The summed E-state index contributed by atoms with van der Waals surface area (Å²) in [7, 11) is 1.41. The second-order valence-electron chi connectivity index (χ2n) is 7.93. The van der Waals surface area contributed by atoms with E-state index in [9.17, 15) is 4.79 Å². The predicted octanol–water partition coefficient (Wildman–Crippen LogP) is 4.54. The number of carbonyl (C=O) groups is 1. The van der Waals surface area contributed by atoms with Crippen molar-refractivity contribution in [1.29, 1.82) is 5.41 Å². The monoisotopic (exact) mass is 483 g/mol. The Hall–Kier alpha value is -2.94. The van der Waals surface area contributed by atoms with Crippen LogP contribution in [0, 0.1) is 5.41 Å². The summed E-state index contributed by atoms with van der Waals surface area (Å²) in [4.78, 5) is 19.4. The standard InChI is InChI=1S/C24H26ClN5O2S/c1-32-23(31)21(18-4-2-3-5-19(18)25)30-12-10-17(11-13-30)28-24-29-20(14-33-24)15-6-8-16(9-7-15)22(26)27/h2-9,14,17,21H,10-13H2,1H3,(H3,26,27)(H,28,29). The van der Waals surface area contributed by atoms with Crippen LogP contribution >= 0.6 is 22.9 Å². The van der Waals surface area contributed by atoms with Gasteiger partial charge in [-0.25, -0.2) is 9.78 Å². The number of esters is 1. The molecule has 0 bridgehead atoms. The molecule has 4 rings (SSSR count). The van der Waals surface area contributed by atoms with Gasteiger partial charge in [0, 0.05) is 40.7 Å². The van der Waals surface area contributed by atoms with Crippen molar-refractivity contribution in [2.75, 3.05) is 25.5 Å². The molecule has 0 radical (unpaired) electrons. The first-order valence-corrected chi connectivity index (χ1v) is 11.9. The number of nitrogens with zero attached hydrogens (tertiary/aromatic N) is 2. The van der Waals surface area contributed by atoms with Crippen molar-refractivity contribution in [2.24, 2.45) is 5.73 Å². The summed E-state index contributed by atoms with van der Waals surface area (Å²) in [5.74, 6) is -0.243. The first-order valence-electron chi connectivity index (χ1n) is 10.7. The second-order valence-corrected chi connectivity index (χ2v) is 9.20. The molecule has 0 saturated carbocycles. The van der Waals surface area contributed by atoms with Gasteiger partial charge in [-0.3, -0.25) is 10.3 Å². The highest BCUT2D eigenvalue weighted by atomic mass is 35.5. The molecule has 1 fully saturated rings. The van der Waals surface area contributed by atoms with Crippen LogP contribution in [0.2, 0.25) is 5.02 Å². The van der Waals surface area contributed by atoms with E-state index in [4.69, 9.17) is 32.5 Å². The number of carbonyl (C=O) groups excluding carboxylic acids is 1. The third kappa shape index (κ3) is 5.35. The number of piperidine rings is 1. The van der Waals surface area contributed by atoms with E-state index in [1.165, 1.54) is 7.11 Å². The van der Waals surface area contributed by atoms with E-state index in [0.717, 1.165) is 47.9 Å². The normalized spacial score (nSPS) is 15.7. The van der Waals surface area contributed by atoms with Crippen LogP contribution in [0.3, 0.4) is 0 Å². The molecule has 2 aromatic carbocycles. The summed E-state index contributed by atoms with van der Waals surface area (Å²) in [5.41, 5.74) is 8.87. The summed E-state index contributed by atoms with van der Waals surface area (Å²) in [6, 6.07) is 14.7. The first kappa shape index (κ1) is 23.2. The Kier molecular flexibility index (Phi) is 7.27. The van der Waals surface area contributed by atoms with E-state index >= 15 is 0 Å². The number of anilines is 1. The number of aromatic nitrogens is 1. The van der Waals surface area contributed by atoms with Gasteiger partial charge >= 0.3 is 5.97 Å². The fourth-order valence-corrected chi connectivity index (χ4v) is 5.09. The van der Waals surface area contributed by atoms with Crippen LogP contribution < -0.4 is 11.1 Å². The van der Waals surface area contributed by atoms with Crippen molar-refractivity contribution in [3.63, 3.8) is 0 Å². The maximum atomic E-state index is 12.6. The van der Waals surface area contributed by atoms with E-state index in [2.05, 4.69) is 10.2 Å². The fourth-order valence-electron chi connectivity index (χ4n) is 4.05. The third-order valence-corrected chi connectivity index (χ3v) is 6.96. The number of amidine groups is 1. The molecule has 1 aliphatic rings. The molecule has 172 valence electrons. The average molecular weight is 484 g/mol. The molecule has 1 atom stereocenters. The van der Waals surface area contributed by atoms with Crippen molar-refractivity contribution in [1.82, 2.24) is 9.88 Å². The predicted molar refractivity (Wildman–Crippen MR) is 133 cm³/mol. The molecule has 1 saturated heterocycles. The number of likely N-dealkylation sites (tertiary alicyclic amines) is 1. The minimum Gasteiger partial charge on any atom is -0.468 e. The summed E-state index contributed by atoms with van der Waals surface area (Å²) < 4.78 is 5.08. The number of hydrogen-bond donors (Lipinski definition) is 3. The summed E-state index contributed by atoms with van der Waals surface area (Å²) in [6.07, 6.45) is 1.75. The molecular weight excluding hydrogens is 458 g/mol. The number of thiazole rings is 1. The molecule has 9 heteroatoms. The van der Waals surface area contributed by atoms with Gasteiger partial charge in [-0.1, -0.05) is 54.1 Å². The van der Waals surface area contributed by atoms with Gasteiger partial charge in [0.25, 0.3) is 0 Å². The Labute approximate surface area is 202 Å². The minimum atomic E-state index is -0.505. The lowest BCUT2D eigenvalue weighted by molar-refractivity contribution is -0.147. The Balaban J connectivity index is 1.39. The van der Waals surface area contributed by atoms with E-state index < -0.39 is 6.04 Å². The van der Waals surface area contributed by atoms with E-state index in [0.29, 0.717) is 10.6 Å². The van der Waals surface area contributed by atoms with Gasteiger partial charge in [0.2, 0.25) is 0 Å². The third-order valence-electron chi connectivity index (χ3n) is 5.84. The van der Waals surface area contributed by atoms with Crippen molar-refractivity contribution in [3.05, 3.63) is 70.1 Å². The van der Waals surface area contributed by atoms with Gasteiger partial charge in [0.15, 0.2) is 5.13 Å². The zero-order chi connectivity index (χ0) is 23.4. The molecule has 1 unspecified atom stereocenters. The number of nitrogen functional groups attached to an aromatic ring is 1. The highest BCUT2D eigenvalue weighted by Crippen LogP contribution is 2.32. The van der Waals surface area contributed by atoms with Gasteiger partial charge in [0.1, 0.15) is 11.9 Å². The number of benzene rings is 2. The van der Waals surface area contributed by atoms with Crippen LogP contribution in [-0.4, -0.2) is 47.9 Å². The topological polar surface area (TPSA) is 104 Å². The average Bonchev–Trinajstić information content (AvgIpc) is 3.30. The number of hydrogen-bond acceptors (Lipinski definition) is 7. The van der Waals surface area contributed by atoms with Crippen molar-refractivity contribution in [3.8, 4) is 11.3 Å². The van der Waals surface area contributed by atoms with Gasteiger partial charge in [0.05, 0.1) is 12.8 Å². The largest absolute Gasteiger partial charge is 0.468 e. The zero-order valence-electron chi connectivity index (χ0n) is 18.3. The molecule has 0 spiro atoms. The van der Waals surface area contributed by atoms with Crippen LogP contribution in [0.4, 0.5) is 5.13 Å². The molecule has 0 amide bonds. The highest BCUT2D eigenvalue weighted by molar-refractivity contribution is 7.14. The molecule has 33 heavy (non-hydrogen) atoms. The maximum Gasteiger partial charge on any atom is 0.327 e. The lowest BCUT2D eigenvalue weighted by Crippen LogP contribution is -2.43.